The second-order valence-corrected chi connectivity index (χ2v) is 5.48. The standard InChI is InChI=1S/C13H23F3N2O2/c1-3-7-18(9-13(14,15)16)10-5-4-6-12(17,8-10)11(19)20-2/h10H,3-9,17H2,1-2H3. The van der Waals surface area contributed by atoms with Gasteiger partial charge in [0, 0.05) is 6.04 Å². The van der Waals surface area contributed by atoms with Crippen molar-refractivity contribution >= 4 is 5.97 Å². The van der Waals surface area contributed by atoms with Gasteiger partial charge in [-0.1, -0.05) is 6.92 Å². The van der Waals surface area contributed by atoms with Crippen LogP contribution in [-0.2, 0) is 9.53 Å². The number of nitrogens with two attached hydrogens (primary N) is 1. The van der Waals surface area contributed by atoms with Gasteiger partial charge in [-0.25, -0.2) is 0 Å². The number of ether oxygens (including phenoxy) is 1. The van der Waals surface area contributed by atoms with Crippen molar-refractivity contribution in [3.8, 4) is 0 Å². The van der Waals surface area contributed by atoms with Gasteiger partial charge in [0.2, 0.25) is 0 Å². The van der Waals surface area contributed by atoms with Crippen molar-refractivity contribution < 1.29 is 22.7 Å². The Labute approximate surface area is 117 Å². The number of hydrogen-bond acceptors (Lipinski definition) is 4. The molecular weight excluding hydrogens is 273 g/mol. The van der Waals surface area contributed by atoms with E-state index in [-0.39, 0.29) is 12.5 Å². The molecule has 2 N–H and O–H groups in total. The van der Waals surface area contributed by atoms with Gasteiger partial charge in [0.15, 0.2) is 0 Å². The highest BCUT2D eigenvalue weighted by Crippen LogP contribution is 2.32. The minimum absolute atomic E-state index is 0.218. The molecular formula is C13H23F3N2O2. The van der Waals surface area contributed by atoms with Crippen molar-refractivity contribution in [1.82, 2.24) is 4.90 Å². The first-order valence-electron chi connectivity index (χ1n) is 6.90. The van der Waals surface area contributed by atoms with Gasteiger partial charge in [-0.3, -0.25) is 9.69 Å². The number of hydrogen-bond donors (Lipinski definition) is 1. The van der Waals surface area contributed by atoms with E-state index in [0.29, 0.717) is 32.2 Å². The zero-order valence-electron chi connectivity index (χ0n) is 12.0. The molecule has 0 heterocycles. The van der Waals surface area contributed by atoms with Gasteiger partial charge in [-0.15, -0.1) is 0 Å². The molecule has 0 bridgehead atoms. The van der Waals surface area contributed by atoms with Crippen molar-refractivity contribution in [1.29, 1.82) is 0 Å². The highest BCUT2D eigenvalue weighted by atomic mass is 19.4. The predicted octanol–water partition coefficient (Wildman–Crippen LogP) is 2.07. The molecule has 20 heavy (non-hydrogen) atoms. The van der Waals surface area contributed by atoms with Crippen molar-refractivity contribution in [3.05, 3.63) is 0 Å². The molecule has 0 amide bonds. The Balaban J connectivity index is 2.78. The topological polar surface area (TPSA) is 55.6 Å². The maximum absolute atomic E-state index is 12.6. The molecule has 7 heteroatoms. The summed E-state index contributed by atoms with van der Waals surface area (Å²) >= 11 is 0. The smallest absolute Gasteiger partial charge is 0.401 e. The SMILES string of the molecule is CCCN(CC(F)(F)F)C1CCCC(N)(C(=O)OC)C1. The van der Waals surface area contributed by atoms with Crippen molar-refractivity contribution in [3.63, 3.8) is 0 Å². The van der Waals surface area contributed by atoms with Crippen molar-refractivity contribution in [2.45, 2.75) is 56.8 Å². The minimum Gasteiger partial charge on any atom is -0.468 e. The summed E-state index contributed by atoms with van der Waals surface area (Å²) < 4.78 is 42.6. The van der Waals surface area contributed by atoms with Crippen LogP contribution in [-0.4, -0.2) is 48.8 Å². The number of methoxy groups -OCH3 is 1. The predicted molar refractivity (Wildman–Crippen MR) is 69.1 cm³/mol. The summed E-state index contributed by atoms with van der Waals surface area (Å²) in [5.74, 6) is -0.536. The molecule has 2 atom stereocenters. The number of rotatable bonds is 5. The minimum atomic E-state index is -4.24. The Hall–Kier alpha value is -0.820. The fourth-order valence-electron chi connectivity index (χ4n) is 2.89. The molecule has 0 aromatic carbocycles. The van der Waals surface area contributed by atoms with Crippen LogP contribution in [0, 0.1) is 0 Å². The first kappa shape index (κ1) is 17.2. The summed E-state index contributed by atoms with van der Waals surface area (Å²) in [5, 5.41) is 0. The number of alkyl halides is 3. The quantitative estimate of drug-likeness (QED) is 0.789. The van der Waals surface area contributed by atoms with Crippen molar-refractivity contribution in [2.24, 2.45) is 5.73 Å². The van der Waals surface area contributed by atoms with Gasteiger partial charge in [-0.2, -0.15) is 13.2 Å². The van der Waals surface area contributed by atoms with Crippen LogP contribution in [0.4, 0.5) is 13.2 Å². The maximum atomic E-state index is 12.6. The van der Waals surface area contributed by atoms with Crippen LogP contribution in [0.2, 0.25) is 0 Å². The Morgan fingerprint density at radius 2 is 2.15 bits per heavy atom. The first-order chi connectivity index (χ1) is 9.22. The van der Waals surface area contributed by atoms with E-state index < -0.39 is 24.2 Å². The fraction of sp³-hybridized carbons (Fsp3) is 0.923. The average molecular weight is 296 g/mol. The second-order valence-electron chi connectivity index (χ2n) is 5.48. The lowest BCUT2D eigenvalue weighted by atomic mass is 9.79. The van der Waals surface area contributed by atoms with Crippen LogP contribution in [0.3, 0.4) is 0 Å². The van der Waals surface area contributed by atoms with Gasteiger partial charge in [-0.05, 0) is 38.6 Å². The molecule has 1 rings (SSSR count). The molecule has 118 valence electrons. The Morgan fingerprint density at radius 1 is 1.50 bits per heavy atom. The van der Waals surface area contributed by atoms with Crippen molar-refractivity contribution in [2.75, 3.05) is 20.2 Å². The molecule has 0 spiro atoms. The number of carbonyl (C=O) groups excluding carboxylic acids is 1. The summed E-state index contributed by atoms with van der Waals surface area (Å²) in [6.07, 6.45) is -1.67. The summed E-state index contributed by atoms with van der Waals surface area (Å²) in [6.45, 7) is 1.23. The van der Waals surface area contributed by atoms with E-state index in [0.717, 1.165) is 0 Å². The summed E-state index contributed by atoms with van der Waals surface area (Å²) in [6, 6.07) is -0.325. The lowest BCUT2D eigenvalue weighted by molar-refractivity contribution is -0.157. The van der Waals surface area contributed by atoms with E-state index in [1.165, 1.54) is 12.0 Å². The summed E-state index contributed by atoms with van der Waals surface area (Å²) in [7, 11) is 1.25. The van der Waals surface area contributed by atoms with Crippen LogP contribution >= 0.6 is 0 Å². The molecule has 0 saturated heterocycles. The van der Waals surface area contributed by atoms with E-state index >= 15 is 0 Å². The van der Waals surface area contributed by atoms with E-state index in [4.69, 9.17) is 5.73 Å². The average Bonchev–Trinajstić information content (AvgIpc) is 2.35. The number of carbonyl (C=O) groups is 1. The third-order valence-electron chi connectivity index (χ3n) is 3.76. The van der Waals surface area contributed by atoms with Gasteiger partial charge >= 0.3 is 12.1 Å². The molecule has 1 fully saturated rings. The third-order valence-corrected chi connectivity index (χ3v) is 3.76. The zero-order valence-corrected chi connectivity index (χ0v) is 12.0. The van der Waals surface area contributed by atoms with Crippen LogP contribution < -0.4 is 5.73 Å². The fourth-order valence-corrected chi connectivity index (χ4v) is 2.89. The van der Waals surface area contributed by atoms with E-state index in [1.54, 1.807) is 0 Å². The molecule has 1 aliphatic rings. The highest BCUT2D eigenvalue weighted by molar-refractivity contribution is 5.80. The van der Waals surface area contributed by atoms with Crippen LogP contribution in [0.5, 0.6) is 0 Å². The highest BCUT2D eigenvalue weighted by Gasteiger charge is 2.43. The van der Waals surface area contributed by atoms with Gasteiger partial charge in [0.05, 0.1) is 13.7 Å². The maximum Gasteiger partial charge on any atom is 0.401 e. The van der Waals surface area contributed by atoms with Gasteiger partial charge < -0.3 is 10.5 Å². The molecule has 1 saturated carbocycles. The monoisotopic (exact) mass is 296 g/mol. The summed E-state index contributed by atoms with van der Waals surface area (Å²) in [4.78, 5) is 13.1. The third kappa shape index (κ3) is 4.63. The molecule has 0 aromatic rings. The molecule has 2 unspecified atom stereocenters. The van der Waals surface area contributed by atoms with E-state index in [1.807, 2.05) is 6.92 Å². The molecule has 1 aliphatic carbocycles. The number of esters is 1. The van der Waals surface area contributed by atoms with Crippen LogP contribution in [0.1, 0.15) is 39.0 Å². The zero-order chi connectivity index (χ0) is 15.4. The lowest BCUT2D eigenvalue weighted by Gasteiger charge is -2.41. The number of halogens is 3. The molecule has 4 nitrogen and oxygen atoms in total. The Morgan fingerprint density at radius 3 is 2.65 bits per heavy atom. The molecule has 0 aromatic heterocycles. The number of nitrogens with zero attached hydrogens (tertiary/aromatic N) is 1. The normalized spacial score (nSPS) is 27.6. The molecule has 0 aliphatic heterocycles. The Bertz CT molecular complexity index is 336. The second kappa shape index (κ2) is 6.76. The van der Waals surface area contributed by atoms with Crippen LogP contribution in [0.15, 0.2) is 0 Å². The van der Waals surface area contributed by atoms with E-state index in [9.17, 15) is 18.0 Å². The van der Waals surface area contributed by atoms with E-state index in [2.05, 4.69) is 4.74 Å². The Kier molecular flexibility index (Phi) is 5.82. The molecule has 0 radical (unpaired) electrons. The lowest BCUT2D eigenvalue weighted by Crippen LogP contribution is -2.57. The van der Waals surface area contributed by atoms with Gasteiger partial charge in [0.1, 0.15) is 5.54 Å². The van der Waals surface area contributed by atoms with Crippen LogP contribution in [0.25, 0.3) is 0 Å². The van der Waals surface area contributed by atoms with Gasteiger partial charge in [0.25, 0.3) is 0 Å². The largest absolute Gasteiger partial charge is 0.468 e. The summed E-state index contributed by atoms with van der Waals surface area (Å²) in [5.41, 5.74) is 4.86. The first-order valence-corrected chi connectivity index (χ1v) is 6.90.